The lowest BCUT2D eigenvalue weighted by molar-refractivity contribution is -0.287. The third-order valence-electron chi connectivity index (χ3n) is 4.62. The second-order valence-electron chi connectivity index (χ2n) is 5.76. The lowest BCUT2D eigenvalue weighted by Gasteiger charge is -2.45. The Bertz CT molecular complexity index is 629. The number of carbonyl (C=O) groups is 2. The summed E-state index contributed by atoms with van der Waals surface area (Å²) in [6.07, 6.45) is 4.08. The van der Waals surface area contributed by atoms with Crippen molar-refractivity contribution in [2.24, 2.45) is 5.41 Å². The molecule has 1 aliphatic carbocycles. The monoisotopic (exact) mass is 332 g/mol. The van der Waals surface area contributed by atoms with E-state index < -0.39 is 29.1 Å². The second kappa shape index (κ2) is 6.37. The quantitative estimate of drug-likeness (QED) is 0.478. The molecule has 1 fully saturated rings. The first-order chi connectivity index (χ1) is 11.6. The van der Waals surface area contributed by atoms with Crippen molar-refractivity contribution in [1.29, 1.82) is 0 Å². The molecule has 2 aliphatic rings. The van der Waals surface area contributed by atoms with Gasteiger partial charge in [0, 0.05) is 5.92 Å². The molecule has 1 heterocycles. The number of methoxy groups -OCH3 is 2. The van der Waals surface area contributed by atoms with E-state index >= 15 is 0 Å². The van der Waals surface area contributed by atoms with Crippen LogP contribution in [0.3, 0.4) is 0 Å². The van der Waals surface area contributed by atoms with Gasteiger partial charge in [-0.3, -0.25) is 9.59 Å². The summed E-state index contributed by atoms with van der Waals surface area (Å²) in [6, 6.07) is 9.24. The molecule has 1 atom stereocenters. The van der Waals surface area contributed by atoms with Crippen LogP contribution in [0.5, 0.6) is 0 Å². The average molecular weight is 332 g/mol. The summed E-state index contributed by atoms with van der Waals surface area (Å²) >= 11 is 0. The number of carbonyl (C=O) groups excluding carboxylic acids is 2. The highest BCUT2D eigenvalue weighted by Crippen LogP contribution is 2.55. The van der Waals surface area contributed by atoms with E-state index in [-0.39, 0.29) is 0 Å². The Balaban J connectivity index is 2.20. The van der Waals surface area contributed by atoms with Crippen molar-refractivity contribution < 1.29 is 28.5 Å². The molecular weight excluding hydrogens is 312 g/mol. The van der Waals surface area contributed by atoms with Crippen molar-refractivity contribution in [3.05, 3.63) is 48.0 Å². The zero-order chi connectivity index (χ0) is 17.2. The van der Waals surface area contributed by atoms with E-state index in [0.29, 0.717) is 19.6 Å². The Morgan fingerprint density at radius 1 is 1.04 bits per heavy atom. The topological polar surface area (TPSA) is 71.1 Å². The van der Waals surface area contributed by atoms with E-state index in [9.17, 15) is 9.59 Å². The smallest absolute Gasteiger partial charge is 0.330 e. The first-order valence-corrected chi connectivity index (χ1v) is 7.81. The van der Waals surface area contributed by atoms with Crippen molar-refractivity contribution in [1.82, 2.24) is 0 Å². The van der Waals surface area contributed by atoms with Crippen LogP contribution in [0, 0.1) is 5.41 Å². The standard InChI is InChI=1S/C18H20O6/c1-21-15(19)18(16(20)22-2)14(13-7-4-3-5-8-13)9-10-17(18)23-11-6-12-24-17/h3-5,7-10,14H,6,11-12H2,1-2H3. The van der Waals surface area contributed by atoms with Gasteiger partial charge in [0.25, 0.3) is 0 Å². The van der Waals surface area contributed by atoms with Gasteiger partial charge in [-0.25, -0.2) is 0 Å². The molecular formula is C18H20O6. The molecule has 3 rings (SSSR count). The molecule has 6 nitrogen and oxygen atoms in total. The van der Waals surface area contributed by atoms with Crippen LogP contribution in [0.25, 0.3) is 0 Å². The molecule has 0 amide bonds. The highest BCUT2D eigenvalue weighted by molar-refractivity contribution is 6.04. The molecule has 1 spiro atoms. The molecule has 0 aromatic heterocycles. The summed E-state index contributed by atoms with van der Waals surface area (Å²) in [4.78, 5) is 25.7. The summed E-state index contributed by atoms with van der Waals surface area (Å²) in [5, 5.41) is 0. The molecule has 1 unspecified atom stereocenters. The minimum Gasteiger partial charge on any atom is -0.468 e. The molecule has 1 aromatic carbocycles. The van der Waals surface area contributed by atoms with Gasteiger partial charge in [-0.05, 0) is 18.1 Å². The molecule has 1 aliphatic heterocycles. The highest BCUT2D eigenvalue weighted by atomic mass is 16.7. The number of hydrogen-bond donors (Lipinski definition) is 0. The van der Waals surface area contributed by atoms with E-state index in [0.717, 1.165) is 5.56 Å². The van der Waals surface area contributed by atoms with Gasteiger partial charge in [-0.2, -0.15) is 0 Å². The maximum absolute atomic E-state index is 12.9. The van der Waals surface area contributed by atoms with Crippen LogP contribution in [-0.2, 0) is 28.5 Å². The summed E-state index contributed by atoms with van der Waals surface area (Å²) < 4.78 is 21.7. The SMILES string of the molecule is COC(=O)C1(C(=O)OC)C(c2ccccc2)C=CC12OCCCO2. The van der Waals surface area contributed by atoms with Crippen molar-refractivity contribution in [2.75, 3.05) is 27.4 Å². The molecule has 24 heavy (non-hydrogen) atoms. The minimum absolute atomic E-state index is 0.377. The van der Waals surface area contributed by atoms with Crippen LogP contribution in [-0.4, -0.2) is 45.2 Å². The van der Waals surface area contributed by atoms with Gasteiger partial charge in [0.2, 0.25) is 11.2 Å². The van der Waals surface area contributed by atoms with Crippen molar-refractivity contribution in [2.45, 2.75) is 18.1 Å². The number of rotatable bonds is 3. The molecule has 1 aromatic rings. The molecule has 6 heteroatoms. The Morgan fingerprint density at radius 3 is 2.17 bits per heavy atom. The maximum Gasteiger partial charge on any atom is 0.330 e. The number of benzene rings is 1. The van der Waals surface area contributed by atoms with Gasteiger partial charge < -0.3 is 18.9 Å². The first-order valence-electron chi connectivity index (χ1n) is 7.81. The van der Waals surface area contributed by atoms with Crippen LogP contribution in [0.2, 0.25) is 0 Å². The number of hydrogen-bond acceptors (Lipinski definition) is 6. The van der Waals surface area contributed by atoms with E-state index in [1.165, 1.54) is 14.2 Å². The van der Waals surface area contributed by atoms with Gasteiger partial charge in [0.1, 0.15) is 0 Å². The molecule has 0 bridgehead atoms. The van der Waals surface area contributed by atoms with Gasteiger partial charge >= 0.3 is 11.9 Å². The van der Waals surface area contributed by atoms with Crippen molar-refractivity contribution in [3.8, 4) is 0 Å². The molecule has 128 valence electrons. The average Bonchev–Trinajstić information content (AvgIpc) is 2.96. The molecule has 0 saturated carbocycles. The predicted molar refractivity (Wildman–Crippen MR) is 84.0 cm³/mol. The fourth-order valence-corrected chi connectivity index (χ4v) is 3.55. The molecule has 0 N–H and O–H groups in total. The summed E-state index contributed by atoms with van der Waals surface area (Å²) in [6.45, 7) is 0.753. The Hall–Kier alpha value is -2.18. The predicted octanol–water partition coefficient (Wildman–Crippen LogP) is 1.81. The number of esters is 2. The maximum atomic E-state index is 12.9. The summed E-state index contributed by atoms with van der Waals surface area (Å²) in [5.74, 6) is -3.62. The fourth-order valence-electron chi connectivity index (χ4n) is 3.55. The van der Waals surface area contributed by atoms with Crippen LogP contribution in [0.1, 0.15) is 17.9 Å². The third kappa shape index (κ3) is 2.17. The van der Waals surface area contributed by atoms with E-state index in [4.69, 9.17) is 18.9 Å². The van der Waals surface area contributed by atoms with Gasteiger partial charge in [0.05, 0.1) is 27.4 Å². The lowest BCUT2D eigenvalue weighted by Crippen LogP contribution is -2.62. The van der Waals surface area contributed by atoms with Crippen LogP contribution in [0.4, 0.5) is 0 Å². The Labute approximate surface area is 140 Å². The van der Waals surface area contributed by atoms with Crippen LogP contribution >= 0.6 is 0 Å². The lowest BCUT2D eigenvalue weighted by atomic mass is 9.70. The summed E-state index contributed by atoms with van der Waals surface area (Å²) in [7, 11) is 2.48. The van der Waals surface area contributed by atoms with Crippen molar-refractivity contribution in [3.63, 3.8) is 0 Å². The van der Waals surface area contributed by atoms with Gasteiger partial charge in [-0.15, -0.1) is 0 Å². The minimum atomic E-state index is -1.78. The van der Waals surface area contributed by atoms with Gasteiger partial charge in [-0.1, -0.05) is 36.4 Å². The fraction of sp³-hybridized carbons (Fsp3) is 0.444. The highest BCUT2D eigenvalue weighted by Gasteiger charge is 2.72. The largest absolute Gasteiger partial charge is 0.468 e. The normalized spacial score (nSPS) is 23.8. The Kier molecular flexibility index (Phi) is 4.43. The van der Waals surface area contributed by atoms with Crippen LogP contribution in [0.15, 0.2) is 42.5 Å². The van der Waals surface area contributed by atoms with Crippen LogP contribution < -0.4 is 0 Å². The molecule has 0 radical (unpaired) electrons. The first kappa shape index (κ1) is 16.7. The van der Waals surface area contributed by atoms with E-state index in [1.807, 2.05) is 30.3 Å². The third-order valence-corrected chi connectivity index (χ3v) is 4.62. The zero-order valence-electron chi connectivity index (χ0n) is 13.7. The van der Waals surface area contributed by atoms with E-state index in [2.05, 4.69) is 0 Å². The molecule has 1 saturated heterocycles. The second-order valence-corrected chi connectivity index (χ2v) is 5.76. The van der Waals surface area contributed by atoms with E-state index in [1.54, 1.807) is 12.2 Å². The number of allylic oxidation sites excluding steroid dienone is 1. The Morgan fingerprint density at radius 2 is 1.62 bits per heavy atom. The zero-order valence-corrected chi connectivity index (χ0v) is 13.7. The summed E-state index contributed by atoms with van der Waals surface area (Å²) in [5.41, 5.74) is -1.00. The van der Waals surface area contributed by atoms with Crippen molar-refractivity contribution >= 4 is 11.9 Å². The van der Waals surface area contributed by atoms with Gasteiger partial charge in [0.15, 0.2) is 0 Å². The number of ether oxygens (including phenoxy) is 4.